The van der Waals surface area contributed by atoms with Gasteiger partial charge in [-0.2, -0.15) is 0 Å². The van der Waals surface area contributed by atoms with Crippen LogP contribution >= 0.6 is 0 Å². The van der Waals surface area contributed by atoms with Crippen LogP contribution in [0.2, 0.25) is 0 Å². The molecule has 0 aromatic carbocycles. The Morgan fingerprint density at radius 3 is 2.50 bits per heavy atom. The van der Waals surface area contributed by atoms with Gasteiger partial charge < -0.3 is 15.8 Å². The molecule has 0 atom stereocenters. The minimum absolute atomic E-state index is 0.160. The van der Waals surface area contributed by atoms with Crippen LogP contribution in [0, 0.1) is 10.1 Å². The topological polar surface area (TPSA) is 99.9 Å². The van der Waals surface area contributed by atoms with Crippen molar-refractivity contribution < 1.29 is 4.92 Å². The third kappa shape index (κ3) is 0.879. The Labute approximate surface area is 55.6 Å². The quantitative estimate of drug-likeness (QED) is 0.414. The largest absolute Gasteiger partial charge is 0.434 e. The summed E-state index contributed by atoms with van der Waals surface area (Å²) in [6.45, 7) is 0. The molecule has 7 heteroatoms. The molecule has 1 aromatic rings. The van der Waals surface area contributed by atoms with Crippen LogP contribution in [0.15, 0.2) is 0 Å². The van der Waals surface area contributed by atoms with Gasteiger partial charge in [0.1, 0.15) is 0 Å². The van der Waals surface area contributed by atoms with E-state index in [1.807, 2.05) is 0 Å². The van der Waals surface area contributed by atoms with Crippen LogP contribution < -0.4 is 5.73 Å². The SMILES string of the molecule is Cn1nc(N)c([N+](=O)[O-])n1. The van der Waals surface area contributed by atoms with Gasteiger partial charge in [0.2, 0.25) is 5.82 Å². The van der Waals surface area contributed by atoms with Gasteiger partial charge in [-0.25, -0.2) is 0 Å². The van der Waals surface area contributed by atoms with E-state index in [0.717, 1.165) is 4.80 Å². The number of nitrogens with zero attached hydrogens (tertiary/aromatic N) is 4. The first-order valence-electron chi connectivity index (χ1n) is 2.42. The lowest BCUT2D eigenvalue weighted by atomic mass is 10.7. The van der Waals surface area contributed by atoms with E-state index in [1.54, 1.807) is 0 Å². The number of aromatic nitrogens is 3. The molecule has 54 valence electrons. The predicted molar refractivity (Wildman–Crippen MR) is 32.1 cm³/mol. The van der Waals surface area contributed by atoms with Crippen molar-refractivity contribution in [3.05, 3.63) is 10.1 Å². The highest BCUT2D eigenvalue weighted by atomic mass is 16.6. The second-order valence-corrected chi connectivity index (χ2v) is 1.66. The number of aryl methyl sites for hydroxylation is 1. The van der Waals surface area contributed by atoms with Crippen LogP contribution in [0.3, 0.4) is 0 Å². The van der Waals surface area contributed by atoms with Crippen LogP contribution in [0.4, 0.5) is 11.6 Å². The maximum Gasteiger partial charge on any atom is 0.434 e. The van der Waals surface area contributed by atoms with E-state index in [0.29, 0.717) is 0 Å². The molecular formula is C3H5N5O2. The van der Waals surface area contributed by atoms with Crippen molar-refractivity contribution in [1.29, 1.82) is 0 Å². The van der Waals surface area contributed by atoms with Gasteiger partial charge in [-0.1, -0.05) is 4.80 Å². The molecule has 0 aliphatic rings. The summed E-state index contributed by atoms with van der Waals surface area (Å²) >= 11 is 0. The zero-order valence-electron chi connectivity index (χ0n) is 5.18. The highest BCUT2D eigenvalue weighted by Crippen LogP contribution is 2.12. The average Bonchev–Trinajstić information content (AvgIpc) is 2.10. The predicted octanol–water partition coefficient (Wildman–Crippen LogP) is -0.694. The van der Waals surface area contributed by atoms with Crippen molar-refractivity contribution in [3.63, 3.8) is 0 Å². The molecule has 0 bridgehead atoms. The Morgan fingerprint density at radius 1 is 1.70 bits per heavy atom. The summed E-state index contributed by atoms with van der Waals surface area (Å²) in [5, 5.41) is 16.9. The highest BCUT2D eigenvalue weighted by molar-refractivity contribution is 5.43. The molecule has 0 aliphatic heterocycles. The van der Waals surface area contributed by atoms with Gasteiger partial charge in [-0.05, 0) is 4.92 Å². The smallest absolute Gasteiger partial charge is 0.375 e. The van der Waals surface area contributed by atoms with Gasteiger partial charge in [-0.3, -0.25) is 0 Å². The number of nitrogen functional groups attached to an aromatic ring is 1. The molecule has 0 saturated heterocycles. The van der Waals surface area contributed by atoms with Crippen molar-refractivity contribution >= 4 is 11.6 Å². The fourth-order valence-corrected chi connectivity index (χ4v) is 0.541. The number of nitro groups is 1. The molecule has 0 saturated carbocycles. The number of hydrogen-bond donors (Lipinski definition) is 1. The average molecular weight is 143 g/mol. The van der Waals surface area contributed by atoms with Gasteiger partial charge in [0.15, 0.2) is 0 Å². The van der Waals surface area contributed by atoms with E-state index in [9.17, 15) is 10.1 Å². The number of nitrogens with two attached hydrogens (primary N) is 1. The molecule has 0 spiro atoms. The van der Waals surface area contributed by atoms with Crippen LogP contribution in [0.5, 0.6) is 0 Å². The normalized spacial score (nSPS) is 9.70. The summed E-state index contributed by atoms with van der Waals surface area (Å²) in [6, 6.07) is 0. The zero-order chi connectivity index (χ0) is 7.72. The summed E-state index contributed by atoms with van der Waals surface area (Å²) in [7, 11) is 1.46. The minimum atomic E-state index is -0.678. The molecule has 0 aliphatic carbocycles. The summed E-state index contributed by atoms with van der Waals surface area (Å²) < 4.78 is 0. The molecule has 0 unspecified atom stereocenters. The molecule has 0 radical (unpaired) electrons. The molecule has 1 aromatic heterocycles. The maximum absolute atomic E-state index is 10.0. The van der Waals surface area contributed by atoms with Crippen molar-refractivity contribution in [2.24, 2.45) is 7.05 Å². The lowest BCUT2D eigenvalue weighted by molar-refractivity contribution is -0.388. The third-order valence-corrected chi connectivity index (χ3v) is 0.894. The molecule has 7 nitrogen and oxygen atoms in total. The van der Waals surface area contributed by atoms with Gasteiger partial charge in [0.25, 0.3) is 0 Å². The van der Waals surface area contributed by atoms with Crippen molar-refractivity contribution in [2.45, 2.75) is 0 Å². The van der Waals surface area contributed by atoms with Gasteiger partial charge in [0.05, 0.1) is 12.1 Å². The van der Waals surface area contributed by atoms with Crippen molar-refractivity contribution in [1.82, 2.24) is 15.0 Å². The maximum atomic E-state index is 10.0. The number of anilines is 1. The Morgan fingerprint density at radius 2 is 2.30 bits per heavy atom. The fourth-order valence-electron chi connectivity index (χ4n) is 0.541. The first-order valence-corrected chi connectivity index (χ1v) is 2.42. The van der Waals surface area contributed by atoms with E-state index in [2.05, 4.69) is 10.2 Å². The van der Waals surface area contributed by atoms with Gasteiger partial charge in [-0.15, -0.1) is 5.10 Å². The molecule has 1 heterocycles. The van der Waals surface area contributed by atoms with E-state index in [1.165, 1.54) is 7.05 Å². The zero-order valence-corrected chi connectivity index (χ0v) is 5.18. The van der Waals surface area contributed by atoms with Crippen LogP contribution in [0.1, 0.15) is 0 Å². The molecule has 0 fully saturated rings. The molecule has 0 amide bonds. The van der Waals surface area contributed by atoms with E-state index in [-0.39, 0.29) is 5.82 Å². The Bertz CT molecular complexity index is 266. The minimum Gasteiger partial charge on any atom is -0.375 e. The van der Waals surface area contributed by atoms with Crippen LogP contribution in [0.25, 0.3) is 0 Å². The second kappa shape index (κ2) is 1.94. The number of rotatable bonds is 1. The van der Waals surface area contributed by atoms with Gasteiger partial charge in [0, 0.05) is 0 Å². The van der Waals surface area contributed by atoms with Crippen molar-refractivity contribution in [3.8, 4) is 0 Å². The van der Waals surface area contributed by atoms with Crippen LogP contribution in [-0.2, 0) is 7.05 Å². The molecule has 2 N–H and O–H groups in total. The molecule has 10 heavy (non-hydrogen) atoms. The second-order valence-electron chi connectivity index (χ2n) is 1.66. The monoisotopic (exact) mass is 143 g/mol. The van der Waals surface area contributed by atoms with Crippen LogP contribution in [-0.4, -0.2) is 19.9 Å². The summed E-state index contributed by atoms with van der Waals surface area (Å²) in [5.41, 5.74) is 5.11. The fraction of sp³-hybridized carbons (Fsp3) is 0.333. The summed E-state index contributed by atoms with van der Waals surface area (Å²) in [6.07, 6.45) is 0. The first kappa shape index (κ1) is 6.46. The summed E-state index contributed by atoms with van der Waals surface area (Å²) in [5.74, 6) is -0.560. The highest BCUT2D eigenvalue weighted by Gasteiger charge is 2.17. The third-order valence-electron chi connectivity index (χ3n) is 0.894. The van der Waals surface area contributed by atoms with E-state index < -0.39 is 10.7 Å². The standard InChI is InChI=1S/C3H5N5O2/c1-7-5-2(4)3(6-7)8(9)10/h1H3,(H2,4,5). The Hall–Kier alpha value is -1.66. The van der Waals surface area contributed by atoms with E-state index in [4.69, 9.17) is 5.73 Å². The van der Waals surface area contributed by atoms with Gasteiger partial charge >= 0.3 is 5.82 Å². The Kier molecular flexibility index (Phi) is 1.25. The lowest BCUT2D eigenvalue weighted by Crippen LogP contribution is -1.93. The molecular weight excluding hydrogens is 138 g/mol. The van der Waals surface area contributed by atoms with E-state index >= 15 is 0 Å². The Balaban J connectivity index is 3.15. The molecule has 1 rings (SSSR count). The van der Waals surface area contributed by atoms with Crippen molar-refractivity contribution in [2.75, 3.05) is 5.73 Å². The number of hydrogen-bond acceptors (Lipinski definition) is 5. The summed E-state index contributed by atoms with van der Waals surface area (Å²) in [4.78, 5) is 10.4. The first-order chi connectivity index (χ1) is 4.61. The lowest BCUT2D eigenvalue weighted by Gasteiger charge is -1.83.